The number of hydrogen-bond donors (Lipinski definition) is 0. The predicted molar refractivity (Wildman–Crippen MR) is 98.8 cm³/mol. The summed E-state index contributed by atoms with van der Waals surface area (Å²) in [5.74, 6) is 0.793. The van der Waals surface area contributed by atoms with Gasteiger partial charge < -0.3 is 9.15 Å². The molecule has 0 fully saturated rings. The lowest BCUT2D eigenvalue weighted by Crippen LogP contribution is -1.98. The zero-order valence-electron chi connectivity index (χ0n) is 13.2. The van der Waals surface area contributed by atoms with Crippen LogP contribution in [0.4, 0.5) is 0 Å². The second kappa shape index (κ2) is 6.35. The van der Waals surface area contributed by atoms with E-state index in [1.54, 1.807) is 31.4 Å². The maximum atomic E-state index is 12.6. The van der Waals surface area contributed by atoms with Crippen molar-refractivity contribution >= 4 is 39.7 Å². The number of rotatable bonds is 4. The summed E-state index contributed by atoms with van der Waals surface area (Å²) in [6.07, 6.45) is 0. The van der Waals surface area contributed by atoms with Crippen molar-refractivity contribution in [2.45, 2.75) is 0 Å². The van der Waals surface area contributed by atoms with Gasteiger partial charge >= 0.3 is 0 Å². The van der Waals surface area contributed by atoms with E-state index in [0.29, 0.717) is 15.6 Å². The van der Waals surface area contributed by atoms with Crippen molar-refractivity contribution in [1.29, 1.82) is 0 Å². The van der Waals surface area contributed by atoms with Crippen LogP contribution in [0.15, 0.2) is 58.3 Å². The zero-order chi connectivity index (χ0) is 17.4. The van der Waals surface area contributed by atoms with Crippen LogP contribution in [0.25, 0.3) is 22.2 Å². The maximum absolute atomic E-state index is 12.6. The van der Waals surface area contributed by atoms with Crippen molar-refractivity contribution < 1.29 is 13.9 Å². The summed E-state index contributed by atoms with van der Waals surface area (Å²) in [5, 5.41) is 3.64. The van der Waals surface area contributed by atoms with E-state index in [0.717, 1.165) is 22.4 Å². The third-order valence-corrected chi connectivity index (χ3v) is 4.86. The molecule has 0 spiro atoms. The molecule has 0 N–H and O–H groups in total. The molecule has 0 aliphatic rings. The van der Waals surface area contributed by atoms with Gasteiger partial charge in [-0.25, -0.2) is 4.98 Å². The summed E-state index contributed by atoms with van der Waals surface area (Å²) < 4.78 is 10.8. The van der Waals surface area contributed by atoms with Gasteiger partial charge in [-0.3, -0.25) is 4.79 Å². The molecule has 0 amide bonds. The summed E-state index contributed by atoms with van der Waals surface area (Å²) in [6, 6.07) is 14.5. The summed E-state index contributed by atoms with van der Waals surface area (Å²) in [6.45, 7) is 0. The SMILES string of the molecule is COc1ccc(-c2csc(C(=O)c3cc4cc(Cl)ccc4o3)n2)cc1. The van der Waals surface area contributed by atoms with Crippen LogP contribution in [-0.4, -0.2) is 17.9 Å². The summed E-state index contributed by atoms with van der Waals surface area (Å²) in [5.41, 5.74) is 2.29. The topological polar surface area (TPSA) is 52.3 Å². The Balaban J connectivity index is 1.64. The Bertz CT molecular complexity index is 1070. The predicted octanol–water partition coefficient (Wildman–Crippen LogP) is 5.45. The lowest BCUT2D eigenvalue weighted by Gasteiger charge is -2.00. The van der Waals surface area contributed by atoms with Crippen molar-refractivity contribution in [1.82, 2.24) is 4.98 Å². The number of aromatic nitrogens is 1. The molecular weight excluding hydrogens is 358 g/mol. The number of thiazole rings is 1. The monoisotopic (exact) mass is 369 g/mol. The van der Waals surface area contributed by atoms with Gasteiger partial charge in [-0.1, -0.05) is 11.6 Å². The Kier molecular flexibility index (Phi) is 4.03. The van der Waals surface area contributed by atoms with E-state index in [-0.39, 0.29) is 11.5 Å². The molecule has 0 saturated heterocycles. The van der Waals surface area contributed by atoms with E-state index in [9.17, 15) is 4.79 Å². The van der Waals surface area contributed by atoms with Gasteiger partial charge in [0.1, 0.15) is 11.3 Å². The van der Waals surface area contributed by atoms with Crippen molar-refractivity contribution in [3.8, 4) is 17.0 Å². The van der Waals surface area contributed by atoms with Gasteiger partial charge in [0, 0.05) is 21.4 Å². The normalized spacial score (nSPS) is 11.0. The molecule has 2 aromatic heterocycles. The highest BCUT2D eigenvalue weighted by Crippen LogP contribution is 2.28. The number of fused-ring (bicyclic) bond motifs is 1. The van der Waals surface area contributed by atoms with E-state index >= 15 is 0 Å². The first-order valence-corrected chi connectivity index (χ1v) is 8.73. The van der Waals surface area contributed by atoms with E-state index in [2.05, 4.69) is 4.98 Å². The number of ether oxygens (including phenoxy) is 1. The van der Waals surface area contributed by atoms with E-state index in [1.165, 1.54) is 11.3 Å². The van der Waals surface area contributed by atoms with E-state index in [4.69, 9.17) is 20.8 Å². The average Bonchev–Trinajstić information content (AvgIpc) is 3.28. The Labute approximate surface area is 152 Å². The van der Waals surface area contributed by atoms with Gasteiger partial charge in [0.2, 0.25) is 0 Å². The molecule has 0 bridgehead atoms. The lowest BCUT2D eigenvalue weighted by molar-refractivity contribution is 0.101. The molecule has 2 heterocycles. The van der Waals surface area contributed by atoms with Gasteiger partial charge in [0.25, 0.3) is 5.78 Å². The average molecular weight is 370 g/mol. The first kappa shape index (κ1) is 15.9. The summed E-state index contributed by atoms with van der Waals surface area (Å²) >= 11 is 7.26. The smallest absolute Gasteiger partial charge is 0.256 e. The molecular formula is C19H12ClNO3S. The molecule has 0 saturated carbocycles. The molecule has 4 aromatic rings. The Morgan fingerprint density at radius 3 is 2.72 bits per heavy atom. The molecule has 0 aliphatic heterocycles. The van der Waals surface area contributed by atoms with Crippen molar-refractivity contribution in [2.75, 3.05) is 7.11 Å². The Morgan fingerprint density at radius 2 is 1.96 bits per heavy atom. The highest BCUT2D eigenvalue weighted by molar-refractivity contribution is 7.12. The summed E-state index contributed by atoms with van der Waals surface area (Å²) in [7, 11) is 1.62. The molecule has 2 aromatic carbocycles. The van der Waals surface area contributed by atoms with E-state index < -0.39 is 0 Å². The fraction of sp³-hybridized carbons (Fsp3) is 0.0526. The number of furan rings is 1. The van der Waals surface area contributed by atoms with Crippen LogP contribution in [0.1, 0.15) is 15.6 Å². The van der Waals surface area contributed by atoms with Crippen LogP contribution in [0.3, 0.4) is 0 Å². The first-order valence-electron chi connectivity index (χ1n) is 7.48. The highest BCUT2D eigenvalue weighted by Gasteiger charge is 2.19. The quantitative estimate of drug-likeness (QED) is 0.449. The second-order valence-corrected chi connectivity index (χ2v) is 6.68. The highest BCUT2D eigenvalue weighted by atomic mass is 35.5. The van der Waals surface area contributed by atoms with Crippen LogP contribution in [0.5, 0.6) is 5.75 Å². The van der Waals surface area contributed by atoms with Crippen LogP contribution in [0.2, 0.25) is 5.02 Å². The fourth-order valence-corrected chi connectivity index (χ4v) is 3.46. The number of carbonyl (C=O) groups is 1. The van der Waals surface area contributed by atoms with Gasteiger partial charge in [-0.15, -0.1) is 11.3 Å². The molecule has 6 heteroatoms. The number of ketones is 1. The van der Waals surface area contributed by atoms with Crippen LogP contribution < -0.4 is 4.74 Å². The molecule has 0 atom stereocenters. The van der Waals surface area contributed by atoms with E-state index in [1.807, 2.05) is 29.6 Å². The zero-order valence-corrected chi connectivity index (χ0v) is 14.7. The van der Waals surface area contributed by atoms with Crippen molar-refractivity contribution in [3.63, 3.8) is 0 Å². The van der Waals surface area contributed by atoms with Gasteiger partial charge in [-0.2, -0.15) is 0 Å². The molecule has 0 unspecified atom stereocenters. The number of nitrogens with zero attached hydrogens (tertiary/aromatic N) is 1. The Morgan fingerprint density at radius 1 is 1.16 bits per heavy atom. The second-order valence-electron chi connectivity index (χ2n) is 5.39. The number of benzene rings is 2. The number of methoxy groups -OCH3 is 1. The first-order chi connectivity index (χ1) is 12.1. The molecule has 4 rings (SSSR count). The minimum absolute atomic E-state index is 0.239. The molecule has 0 aliphatic carbocycles. The molecule has 25 heavy (non-hydrogen) atoms. The fourth-order valence-electron chi connectivity index (χ4n) is 2.50. The largest absolute Gasteiger partial charge is 0.497 e. The lowest BCUT2D eigenvalue weighted by atomic mass is 10.2. The van der Waals surface area contributed by atoms with Crippen molar-refractivity contribution in [3.05, 3.63) is 69.7 Å². The Hall–Kier alpha value is -2.63. The third kappa shape index (κ3) is 3.04. The van der Waals surface area contributed by atoms with Gasteiger partial charge in [0.05, 0.1) is 12.8 Å². The van der Waals surface area contributed by atoms with Gasteiger partial charge in [-0.05, 0) is 48.5 Å². The third-order valence-electron chi connectivity index (χ3n) is 3.79. The van der Waals surface area contributed by atoms with Gasteiger partial charge in [0.15, 0.2) is 10.8 Å². The summed E-state index contributed by atoms with van der Waals surface area (Å²) in [4.78, 5) is 17.1. The number of halogens is 1. The van der Waals surface area contributed by atoms with Crippen molar-refractivity contribution in [2.24, 2.45) is 0 Å². The van der Waals surface area contributed by atoms with Crippen LogP contribution in [0, 0.1) is 0 Å². The van der Waals surface area contributed by atoms with Crippen LogP contribution in [-0.2, 0) is 0 Å². The molecule has 0 radical (unpaired) electrons. The maximum Gasteiger partial charge on any atom is 0.256 e. The number of carbonyl (C=O) groups excluding carboxylic acids is 1. The minimum atomic E-state index is -0.239. The molecule has 4 nitrogen and oxygen atoms in total. The number of hydrogen-bond acceptors (Lipinski definition) is 5. The molecule has 124 valence electrons. The minimum Gasteiger partial charge on any atom is -0.497 e. The standard InChI is InChI=1S/C19H12ClNO3S/c1-23-14-5-2-11(3-6-14)15-10-25-19(21-15)18(22)17-9-12-8-13(20)4-7-16(12)24-17/h2-10H,1H3. The van der Waals surface area contributed by atoms with Crippen LogP contribution >= 0.6 is 22.9 Å².